The van der Waals surface area contributed by atoms with Gasteiger partial charge >= 0.3 is 83.0 Å². The molecule has 0 heterocycles. The van der Waals surface area contributed by atoms with Crippen LogP contribution >= 0.6 is 15.6 Å². The molecule has 1 radical (unpaired) electrons. The van der Waals surface area contributed by atoms with Crippen molar-refractivity contribution in [3.05, 3.63) is 0 Å². The topological polar surface area (TPSA) is 0 Å². The minimum Gasteiger partial charge on any atom is 2.00 e. The molecule has 15 heavy (non-hydrogen) atoms. The first-order chi connectivity index (χ1) is 4.90. The predicted molar refractivity (Wildman–Crippen MR) is 27.1 cm³/mol. The normalized spacial score (nSPS) is 21.6. The fraction of sp³-hybridized carbons (Fsp3) is 0. The summed E-state index contributed by atoms with van der Waals surface area (Å²) in [4.78, 5) is 0. The van der Waals surface area contributed by atoms with Crippen LogP contribution in [0.15, 0.2) is 0 Å². The minimum atomic E-state index is -10.7. The smallest absolute Gasteiger partial charge is 2.00 e. The van der Waals surface area contributed by atoms with Gasteiger partial charge in [-0.1, -0.05) is 0 Å². The van der Waals surface area contributed by atoms with Gasteiger partial charge in [0.25, 0.3) is 0 Å². The van der Waals surface area contributed by atoms with Crippen LogP contribution in [0, 0.1) is 0 Å². The van der Waals surface area contributed by atoms with Crippen LogP contribution in [0.3, 0.4) is 0 Å². The summed E-state index contributed by atoms with van der Waals surface area (Å²) in [7, 11) is -21.3. The van der Waals surface area contributed by atoms with Crippen LogP contribution in [-0.2, 0) is 17.1 Å². The summed E-state index contributed by atoms with van der Waals surface area (Å²) < 4.78 is 118. The molecule has 0 bridgehead atoms. The number of hydrogen-bond acceptors (Lipinski definition) is 0. The Kier molecular flexibility index (Phi) is 3.98. The molecule has 15 heteroatoms. The van der Waals surface area contributed by atoms with Crippen LogP contribution in [0.1, 0.15) is 0 Å². The van der Waals surface area contributed by atoms with E-state index in [1.165, 1.54) is 0 Å². The van der Waals surface area contributed by atoms with Crippen molar-refractivity contribution >= 4 is 15.6 Å². The molecule has 0 aromatic heterocycles. The monoisotopic (exact) mass is 345 g/mol. The predicted octanol–water partition coefficient (Wildman–Crippen LogP) is 6.76. The van der Waals surface area contributed by atoms with E-state index in [-0.39, 0.29) is 17.1 Å². The third-order valence-corrected chi connectivity index (χ3v) is 0. The zero-order valence-electron chi connectivity index (χ0n) is 5.81. The van der Waals surface area contributed by atoms with Gasteiger partial charge in [-0.05, 0) is 0 Å². The maximum absolute atomic E-state index is 10.7. The van der Waals surface area contributed by atoms with E-state index < -0.39 is 15.6 Å². The van der Waals surface area contributed by atoms with Gasteiger partial charge in [-0.25, -0.2) is 0 Å². The van der Waals surface area contributed by atoms with E-state index in [9.17, 15) is 50.4 Å². The first-order valence-electron chi connectivity index (χ1n) is 2.03. The average Bonchev–Trinajstić information content (AvgIpc) is 0.938. The first kappa shape index (κ1) is 20.9. The van der Waals surface area contributed by atoms with Crippen LogP contribution in [-0.4, -0.2) is 0 Å². The second-order valence-corrected chi connectivity index (χ2v) is 5.75. The molecule has 0 aliphatic carbocycles. The van der Waals surface area contributed by atoms with Crippen LogP contribution in [0.5, 0.6) is 0 Å². The summed E-state index contributed by atoms with van der Waals surface area (Å²) >= 11 is 0. The van der Waals surface area contributed by atoms with Gasteiger partial charge in [0.2, 0.25) is 0 Å². The average molecular weight is 345 g/mol. The van der Waals surface area contributed by atoms with Gasteiger partial charge in [0.15, 0.2) is 0 Å². The van der Waals surface area contributed by atoms with Crippen molar-refractivity contribution in [2.45, 2.75) is 0 Å². The zero-order valence-corrected chi connectivity index (χ0v) is 8.78. The van der Waals surface area contributed by atoms with Gasteiger partial charge in [0, 0.05) is 0 Å². The quantitative estimate of drug-likeness (QED) is 0.258. The summed E-state index contributed by atoms with van der Waals surface area (Å²) in [6.07, 6.45) is 0. The van der Waals surface area contributed by atoms with Gasteiger partial charge < -0.3 is 0 Å². The molecular weight excluding hydrogens is 345 g/mol. The third-order valence-electron chi connectivity index (χ3n) is 0. The van der Waals surface area contributed by atoms with E-state index in [1.807, 2.05) is 0 Å². The Morgan fingerprint density at radius 3 is 0.333 bits per heavy atom. The van der Waals surface area contributed by atoms with E-state index >= 15 is 0 Å². The Balaban J connectivity index is -0.000000180. The SMILES string of the molecule is F[P-](F)(F)(F)(F)F.F[P-](F)(F)(F)(F)F.[Mn+2]. The van der Waals surface area contributed by atoms with Crippen LogP contribution in [0.2, 0.25) is 0 Å². The zero-order chi connectivity index (χ0) is 12.8. The molecule has 0 saturated heterocycles. The van der Waals surface area contributed by atoms with E-state index in [0.717, 1.165) is 0 Å². The molecule has 0 amide bonds. The summed E-state index contributed by atoms with van der Waals surface area (Å²) in [6, 6.07) is 0. The summed E-state index contributed by atoms with van der Waals surface area (Å²) in [5, 5.41) is 0. The molecule has 0 aliphatic heterocycles. The van der Waals surface area contributed by atoms with Crippen molar-refractivity contribution in [3.8, 4) is 0 Å². The van der Waals surface area contributed by atoms with E-state index in [4.69, 9.17) is 0 Å². The molecule has 0 nitrogen and oxygen atoms in total. The van der Waals surface area contributed by atoms with Crippen molar-refractivity contribution in [2.75, 3.05) is 0 Å². The Hall–Kier alpha value is 0.539. The molecule has 0 atom stereocenters. The second-order valence-electron chi connectivity index (χ2n) is 1.92. The Bertz CT molecular complexity index is 161. The summed E-state index contributed by atoms with van der Waals surface area (Å²) in [6.45, 7) is 0. The summed E-state index contributed by atoms with van der Waals surface area (Å²) in [5.74, 6) is 0. The number of rotatable bonds is 0. The number of hydrogen-bond donors (Lipinski definition) is 0. The van der Waals surface area contributed by atoms with E-state index in [2.05, 4.69) is 0 Å². The van der Waals surface area contributed by atoms with Crippen molar-refractivity contribution in [2.24, 2.45) is 0 Å². The maximum Gasteiger partial charge on any atom is 2.00 e. The maximum atomic E-state index is 9.87. The molecule has 0 aliphatic rings. The Morgan fingerprint density at radius 1 is 0.333 bits per heavy atom. The fourth-order valence-electron chi connectivity index (χ4n) is 0. The minimum absolute atomic E-state index is 0. The third kappa shape index (κ3) is 7860. The van der Waals surface area contributed by atoms with Crippen LogP contribution < -0.4 is 0 Å². The molecule has 0 aromatic rings. The second kappa shape index (κ2) is 2.86. The van der Waals surface area contributed by atoms with Gasteiger partial charge in [-0.15, -0.1) is 0 Å². The van der Waals surface area contributed by atoms with Crippen molar-refractivity contribution in [1.82, 2.24) is 0 Å². The Morgan fingerprint density at radius 2 is 0.333 bits per heavy atom. The Labute approximate surface area is 83.9 Å². The first-order valence-corrected chi connectivity index (χ1v) is 6.09. The summed E-state index contributed by atoms with van der Waals surface area (Å²) in [5.41, 5.74) is 0. The molecule has 0 unspecified atom stereocenters. The van der Waals surface area contributed by atoms with Gasteiger partial charge in [0.05, 0.1) is 0 Å². The van der Waals surface area contributed by atoms with Crippen molar-refractivity contribution < 1.29 is 67.4 Å². The largest absolute Gasteiger partial charge is 2.00 e. The molecular formula is F12MnP2. The molecule has 0 rings (SSSR count). The van der Waals surface area contributed by atoms with Gasteiger partial charge in [-0.3, -0.25) is 0 Å². The standard InChI is InChI=1S/2F6P.Mn/c2*1-7(2,3,4,5)6;/q2*-1;+2. The number of halogens is 12. The molecule has 0 spiro atoms. The molecule has 0 fully saturated rings. The van der Waals surface area contributed by atoms with Gasteiger partial charge in [0.1, 0.15) is 0 Å². The van der Waals surface area contributed by atoms with Crippen LogP contribution in [0.25, 0.3) is 0 Å². The van der Waals surface area contributed by atoms with Gasteiger partial charge in [-0.2, -0.15) is 0 Å². The van der Waals surface area contributed by atoms with E-state index in [0.29, 0.717) is 0 Å². The molecule has 0 saturated carbocycles. The molecule has 0 aromatic carbocycles. The fourth-order valence-corrected chi connectivity index (χ4v) is 0. The van der Waals surface area contributed by atoms with E-state index in [1.54, 1.807) is 0 Å². The molecule has 0 N–H and O–H groups in total. The van der Waals surface area contributed by atoms with Crippen molar-refractivity contribution in [1.29, 1.82) is 0 Å². The van der Waals surface area contributed by atoms with Crippen LogP contribution in [0.4, 0.5) is 50.4 Å². The van der Waals surface area contributed by atoms with Crippen molar-refractivity contribution in [3.63, 3.8) is 0 Å². The molecule has 101 valence electrons.